The van der Waals surface area contributed by atoms with Gasteiger partial charge in [0.15, 0.2) is 17.5 Å². The van der Waals surface area contributed by atoms with Gasteiger partial charge in [0.2, 0.25) is 0 Å². The molecule has 1 aliphatic carbocycles. The second-order valence-corrected chi connectivity index (χ2v) is 16.6. The maximum atomic E-state index is 6.83. The average Bonchev–Trinajstić information content (AvgIpc) is 4.13. The number of hydrogen-bond acceptors (Lipinski definition) is 7. The van der Waals surface area contributed by atoms with Gasteiger partial charge in [-0.15, -0.1) is 0 Å². The molecule has 1 aliphatic rings. The van der Waals surface area contributed by atoms with Crippen molar-refractivity contribution < 1.29 is 17.7 Å². The minimum Gasteiger partial charge on any atom is -0.456 e. The minimum absolute atomic E-state index is 0.0432. The quantitative estimate of drug-likeness (QED) is 0.171. The van der Waals surface area contributed by atoms with E-state index >= 15 is 0 Å². The van der Waals surface area contributed by atoms with E-state index < -0.39 is 0 Å². The zero-order valence-corrected chi connectivity index (χ0v) is 34.1. The van der Waals surface area contributed by atoms with Crippen LogP contribution < -0.4 is 0 Å². The molecule has 13 aromatic rings. The molecule has 14 rings (SSSR count). The molecule has 0 saturated heterocycles. The number of aromatic nitrogens is 3. The summed E-state index contributed by atoms with van der Waals surface area (Å²) in [5, 5.41) is 7.36. The van der Waals surface area contributed by atoms with Gasteiger partial charge in [-0.2, -0.15) is 0 Å². The molecule has 0 N–H and O–H groups in total. The van der Waals surface area contributed by atoms with Gasteiger partial charge in [-0.05, 0) is 60.5 Å². The summed E-state index contributed by atoms with van der Waals surface area (Å²) < 4.78 is 26.2. The van der Waals surface area contributed by atoms with Crippen LogP contribution in [0.1, 0.15) is 29.2 Å². The van der Waals surface area contributed by atoms with Crippen LogP contribution in [0.2, 0.25) is 0 Å². The predicted octanol–water partition coefficient (Wildman–Crippen LogP) is 15.5. The van der Waals surface area contributed by atoms with Crippen LogP contribution in [0.5, 0.6) is 0 Å². The van der Waals surface area contributed by atoms with E-state index in [1.54, 1.807) is 0 Å². The lowest BCUT2D eigenvalue weighted by molar-refractivity contribution is 0.590. The van der Waals surface area contributed by atoms with Gasteiger partial charge in [-0.3, -0.25) is 0 Å². The Balaban J connectivity index is 0.918. The number of para-hydroxylation sites is 4. The highest BCUT2D eigenvalue weighted by Crippen LogP contribution is 2.47. The molecular formula is C57H33N3O4. The van der Waals surface area contributed by atoms with E-state index in [0.717, 1.165) is 117 Å². The molecule has 1 unspecified atom stereocenters. The van der Waals surface area contributed by atoms with Crippen molar-refractivity contribution in [2.75, 3.05) is 0 Å². The monoisotopic (exact) mass is 823 g/mol. The second kappa shape index (κ2) is 13.5. The molecule has 64 heavy (non-hydrogen) atoms. The van der Waals surface area contributed by atoms with E-state index in [4.69, 9.17) is 32.6 Å². The lowest BCUT2D eigenvalue weighted by Crippen LogP contribution is -2.04. The van der Waals surface area contributed by atoms with Crippen LogP contribution in [0.15, 0.2) is 194 Å². The molecular weight excluding hydrogens is 791 g/mol. The van der Waals surface area contributed by atoms with Crippen molar-refractivity contribution in [1.82, 2.24) is 15.0 Å². The molecule has 7 nitrogen and oxygen atoms in total. The van der Waals surface area contributed by atoms with Gasteiger partial charge >= 0.3 is 0 Å². The van der Waals surface area contributed by atoms with Gasteiger partial charge in [0, 0.05) is 77.0 Å². The third-order valence-corrected chi connectivity index (χ3v) is 12.9. The van der Waals surface area contributed by atoms with Crippen LogP contribution in [-0.4, -0.2) is 15.0 Å². The van der Waals surface area contributed by atoms with Gasteiger partial charge in [-0.1, -0.05) is 133 Å². The fourth-order valence-corrected chi connectivity index (χ4v) is 10.00. The van der Waals surface area contributed by atoms with Crippen molar-refractivity contribution in [3.8, 4) is 45.3 Å². The first-order valence-corrected chi connectivity index (χ1v) is 21.5. The highest BCUT2D eigenvalue weighted by molar-refractivity contribution is 6.13. The first kappa shape index (κ1) is 35.1. The van der Waals surface area contributed by atoms with Crippen LogP contribution in [0, 0.1) is 0 Å². The van der Waals surface area contributed by atoms with Crippen LogP contribution in [-0.2, 0) is 0 Å². The maximum Gasteiger partial charge on any atom is 0.164 e. The van der Waals surface area contributed by atoms with Gasteiger partial charge in [-0.25, -0.2) is 15.0 Å². The lowest BCUT2D eigenvalue weighted by Gasteiger charge is -2.19. The highest BCUT2D eigenvalue weighted by atomic mass is 16.3. The van der Waals surface area contributed by atoms with Crippen LogP contribution in [0.4, 0.5) is 0 Å². The second-order valence-electron chi connectivity index (χ2n) is 16.6. The summed E-state index contributed by atoms with van der Waals surface area (Å²) in [5.41, 5.74) is 12.7. The number of furan rings is 4. The Bertz CT molecular complexity index is 4070. The van der Waals surface area contributed by atoms with E-state index in [9.17, 15) is 0 Å². The Morgan fingerprint density at radius 2 is 1.00 bits per heavy atom. The van der Waals surface area contributed by atoms with Gasteiger partial charge in [0.1, 0.15) is 44.8 Å². The summed E-state index contributed by atoms with van der Waals surface area (Å²) in [6, 6.07) is 58.0. The molecule has 5 aromatic heterocycles. The standard InChI is InChI=1S/C57H33N3O4/c1-2-12-32(13-3-1)55-58-56(34-26-28-38-36-14-4-6-22-45(36)62-50(38)31-34)60-57(59-55)43-21-11-24-48-52(43)44-30-33(27-29-47(44)61-48)35-16-10-25-49-51(35)42-20-9-19-41(54(42)64-49)40-18-8-17-39-37-15-5-7-23-46(37)63-53(39)40/h1-15,17-31,35H,16H2. The number of fused-ring (bicyclic) bond motifs is 12. The molecule has 0 spiro atoms. The summed E-state index contributed by atoms with van der Waals surface area (Å²) in [5.74, 6) is 2.62. The summed E-state index contributed by atoms with van der Waals surface area (Å²) in [6.45, 7) is 0. The molecule has 1 atom stereocenters. The molecule has 0 amide bonds. The van der Waals surface area contributed by atoms with Crippen molar-refractivity contribution in [2.24, 2.45) is 0 Å². The van der Waals surface area contributed by atoms with E-state index in [-0.39, 0.29) is 5.92 Å². The summed E-state index contributed by atoms with van der Waals surface area (Å²) in [6.07, 6.45) is 5.17. The summed E-state index contributed by atoms with van der Waals surface area (Å²) >= 11 is 0. The average molecular weight is 824 g/mol. The lowest BCUT2D eigenvalue weighted by atomic mass is 9.83. The topological polar surface area (TPSA) is 91.2 Å². The van der Waals surface area contributed by atoms with E-state index in [0.29, 0.717) is 17.5 Å². The summed E-state index contributed by atoms with van der Waals surface area (Å²) in [4.78, 5) is 15.4. The number of hydrogen-bond donors (Lipinski definition) is 0. The Kier molecular flexibility index (Phi) is 7.39. The minimum atomic E-state index is 0.0432. The van der Waals surface area contributed by atoms with Crippen LogP contribution in [0.3, 0.4) is 0 Å². The predicted molar refractivity (Wildman–Crippen MR) is 255 cm³/mol. The third kappa shape index (κ3) is 5.24. The zero-order valence-electron chi connectivity index (χ0n) is 34.1. The number of nitrogens with zero attached hydrogens (tertiary/aromatic N) is 3. The van der Waals surface area contributed by atoms with Crippen molar-refractivity contribution >= 4 is 82.9 Å². The van der Waals surface area contributed by atoms with Crippen molar-refractivity contribution in [2.45, 2.75) is 12.3 Å². The Morgan fingerprint density at radius 3 is 1.84 bits per heavy atom. The van der Waals surface area contributed by atoms with E-state index in [2.05, 4.69) is 103 Å². The number of rotatable bonds is 5. The molecule has 0 bridgehead atoms. The zero-order chi connectivity index (χ0) is 41.9. The highest BCUT2D eigenvalue weighted by Gasteiger charge is 2.28. The van der Waals surface area contributed by atoms with Gasteiger partial charge in [0.25, 0.3) is 0 Å². The maximum absolute atomic E-state index is 6.83. The number of benzene rings is 8. The van der Waals surface area contributed by atoms with E-state index in [1.807, 2.05) is 78.9 Å². The molecule has 8 aromatic carbocycles. The Hall–Kier alpha value is -8.55. The molecule has 0 fully saturated rings. The van der Waals surface area contributed by atoms with Crippen molar-refractivity contribution in [3.05, 3.63) is 193 Å². The fourth-order valence-electron chi connectivity index (χ4n) is 10.00. The fraction of sp³-hybridized carbons (Fsp3) is 0.0351. The SMILES string of the molecule is C1=Cc2oc3c(-c4cccc5c4oc4ccccc45)cccc3c2C(c2ccc3oc4cccc(-c5nc(-c6ccccc6)nc(-c6ccc7c(c6)oc6ccccc67)n5)c4c3c2)C1. The largest absolute Gasteiger partial charge is 0.456 e. The molecule has 300 valence electrons. The molecule has 0 aliphatic heterocycles. The Morgan fingerprint density at radius 1 is 0.391 bits per heavy atom. The van der Waals surface area contributed by atoms with Crippen LogP contribution >= 0.6 is 0 Å². The normalized spacial score (nSPS) is 14.0. The van der Waals surface area contributed by atoms with Gasteiger partial charge in [0.05, 0.1) is 0 Å². The molecule has 0 saturated carbocycles. The van der Waals surface area contributed by atoms with E-state index in [1.165, 1.54) is 11.1 Å². The van der Waals surface area contributed by atoms with Crippen molar-refractivity contribution in [1.29, 1.82) is 0 Å². The molecule has 5 heterocycles. The van der Waals surface area contributed by atoms with Crippen LogP contribution in [0.25, 0.3) is 128 Å². The number of allylic oxidation sites excluding steroid dienone is 1. The third-order valence-electron chi connectivity index (χ3n) is 12.9. The molecule has 0 radical (unpaired) electrons. The van der Waals surface area contributed by atoms with Crippen molar-refractivity contribution in [3.63, 3.8) is 0 Å². The first-order chi connectivity index (χ1) is 31.7. The smallest absolute Gasteiger partial charge is 0.164 e. The molecule has 7 heteroatoms. The van der Waals surface area contributed by atoms with Gasteiger partial charge < -0.3 is 17.7 Å². The Labute approximate surface area is 364 Å². The summed E-state index contributed by atoms with van der Waals surface area (Å²) in [7, 11) is 0. The first-order valence-electron chi connectivity index (χ1n) is 21.5.